The number of amides is 1. The maximum atomic E-state index is 11.8. The monoisotopic (exact) mass is 293 g/mol. The van der Waals surface area contributed by atoms with Crippen molar-refractivity contribution in [3.05, 3.63) is 28.0 Å². The van der Waals surface area contributed by atoms with Crippen LogP contribution in [0.15, 0.2) is 6.07 Å². The predicted octanol–water partition coefficient (Wildman–Crippen LogP) is 1.86. The SMILES string of the molecule is CCOC(=O)N1CCc2nc(Cl)c(C#N)cc2C1C=O. The summed E-state index contributed by atoms with van der Waals surface area (Å²) in [5.74, 6) is 0. The van der Waals surface area contributed by atoms with Gasteiger partial charge in [0.05, 0.1) is 12.2 Å². The molecule has 6 nitrogen and oxygen atoms in total. The van der Waals surface area contributed by atoms with Gasteiger partial charge in [0.2, 0.25) is 0 Å². The van der Waals surface area contributed by atoms with Crippen LogP contribution in [0.3, 0.4) is 0 Å². The standard InChI is InChI=1S/C13H12ClN3O3/c1-2-20-13(19)17-4-3-10-9(11(17)7-18)5-8(6-15)12(14)16-10/h5,7,11H,2-4H2,1H3. The van der Waals surface area contributed by atoms with Crippen LogP contribution in [0.25, 0.3) is 0 Å². The molecule has 1 amide bonds. The number of halogens is 1. The van der Waals surface area contributed by atoms with E-state index in [-0.39, 0.29) is 17.3 Å². The molecule has 1 aliphatic rings. The Morgan fingerprint density at radius 2 is 2.50 bits per heavy atom. The highest BCUT2D eigenvalue weighted by atomic mass is 35.5. The summed E-state index contributed by atoms with van der Waals surface area (Å²) in [6.45, 7) is 2.25. The molecule has 1 atom stereocenters. The Bertz CT molecular complexity index is 597. The molecular formula is C13H12ClN3O3. The third-order valence-corrected chi connectivity index (χ3v) is 3.37. The van der Waals surface area contributed by atoms with Crippen molar-refractivity contribution < 1.29 is 14.3 Å². The largest absolute Gasteiger partial charge is 0.450 e. The van der Waals surface area contributed by atoms with Gasteiger partial charge in [-0.25, -0.2) is 9.78 Å². The zero-order chi connectivity index (χ0) is 14.7. The van der Waals surface area contributed by atoms with Gasteiger partial charge in [-0.2, -0.15) is 5.26 Å². The number of hydrogen-bond acceptors (Lipinski definition) is 5. The van der Waals surface area contributed by atoms with Gasteiger partial charge in [0, 0.05) is 24.2 Å². The van der Waals surface area contributed by atoms with E-state index in [4.69, 9.17) is 21.6 Å². The molecule has 1 aromatic rings. The van der Waals surface area contributed by atoms with Crippen molar-refractivity contribution in [2.24, 2.45) is 0 Å². The van der Waals surface area contributed by atoms with Gasteiger partial charge in [-0.1, -0.05) is 11.6 Å². The van der Waals surface area contributed by atoms with Crippen LogP contribution < -0.4 is 0 Å². The molecular weight excluding hydrogens is 282 g/mol. The van der Waals surface area contributed by atoms with Crippen molar-refractivity contribution >= 4 is 24.0 Å². The minimum Gasteiger partial charge on any atom is -0.450 e. The fraction of sp³-hybridized carbons (Fsp3) is 0.385. The van der Waals surface area contributed by atoms with Crippen LogP contribution in [0.2, 0.25) is 5.15 Å². The fourth-order valence-corrected chi connectivity index (χ4v) is 2.37. The summed E-state index contributed by atoms with van der Waals surface area (Å²) in [6.07, 6.45) is 0.555. The zero-order valence-electron chi connectivity index (χ0n) is 10.8. The van der Waals surface area contributed by atoms with Crippen LogP contribution in [0.4, 0.5) is 4.79 Å². The molecule has 7 heteroatoms. The molecule has 20 heavy (non-hydrogen) atoms. The molecule has 0 N–H and O–H groups in total. The summed E-state index contributed by atoms with van der Waals surface area (Å²) < 4.78 is 4.93. The van der Waals surface area contributed by atoms with Crippen molar-refractivity contribution in [3.63, 3.8) is 0 Å². The van der Waals surface area contributed by atoms with Crippen LogP contribution in [-0.2, 0) is 16.0 Å². The smallest absolute Gasteiger partial charge is 0.410 e. The van der Waals surface area contributed by atoms with Crippen molar-refractivity contribution in [2.75, 3.05) is 13.2 Å². The van der Waals surface area contributed by atoms with E-state index < -0.39 is 12.1 Å². The normalized spacial score (nSPS) is 17.1. The molecule has 0 saturated heterocycles. The molecule has 0 fully saturated rings. The van der Waals surface area contributed by atoms with Gasteiger partial charge in [-0.3, -0.25) is 4.90 Å². The van der Waals surface area contributed by atoms with Crippen molar-refractivity contribution in [1.82, 2.24) is 9.88 Å². The van der Waals surface area contributed by atoms with E-state index in [2.05, 4.69) is 4.98 Å². The molecule has 0 saturated carbocycles. The van der Waals surface area contributed by atoms with Gasteiger partial charge < -0.3 is 9.53 Å². The van der Waals surface area contributed by atoms with Gasteiger partial charge in [-0.05, 0) is 13.0 Å². The lowest BCUT2D eigenvalue weighted by Gasteiger charge is -2.32. The summed E-state index contributed by atoms with van der Waals surface area (Å²) in [6, 6.07) is 2.63. The Balaban J connectivity index is 2.43. The molecule has 2 heterocycles. The Morgan fingerprint density at radius 3 is 3.10 bits per heavy atom. The summed E-state index contributed by atoms with van der Waals surface area (Å²) in [4.78, 5) is 28.6. The van der Waals surface area contributed by atoms with Gasteiger partial charge in [-0.15, -0.1) is 0 Å². The lowest BCUT2D eigenvalue weighted by atomic mass is 9.97. The number of nitrogens with zero attached hydrogens (tertiary/aromatic N) is 3. The summed E-state index contributed by atoms with van der Waals surface area (Å²) in [7, 11) is 0. The Labute approximate surface area is 120 Å². The van der Waals surface area contributed by atoms with Gasteiger partial charge in [0.1, 0.15) is 23.6 Å². The maximum Gasteiger partial charge on any atom is 0.410 e. The summed E-state index contributed by atoms with van der Waals surface area (Å²) in [5, 5.41) is 9.08. The minimum absolute atomic E-state index is 0.112. The molecule has 0 aromatic carbocycles. The van der Waals surface area contributed by atoms with E-state index in [1.54, 1.807) is 6.92 Å². The Morgan fingerprint density at radius 1 is 1.75 bits per heavy atom. The Kier molecular flexibility index (Phi) is 4.20. The van der Waals surface area contributed by atoms with E-state index in [9.17, 15) is 9.59 Å². The number of nitriles is 1. The van der Waals surface area contributed by atoms with E-state index >= 15 is 0 Å². The molecule has 104 valence electrons. The molecule has 1 unspecified atom stereocenters. The number of carbonyl (C=O) groups excluding carboxylic acids is 2. The van der Waals surface area contributed by atoms with E-state index in [0.29, 0.717) is 30.5 Å². The molecule has 0 radical (unpaired) electrons. The first-order valence-corrected chi connectivity index (χ1v) is 6.48. The minimum atomic E-state index is -0.797. The zero-order valence-corrected chi connectivity index (χ0v) is 11.6. The highest BCUT2D eigenvalue weighted by Crippen LogP contribution is 2.30. The topological polar surface area (TPSA) is 83.3 Å². The number of aldehydes is 1. The number of rotatable bonds is 2. The van der Waals surface area contributed by atoms with Crippen LogP contribution in [-0.4, -0.2) is 35.4 Å². The first-order valence-electron chi connectivity index (χ1n) is 6.10. The van der Waals surface area contributed by atoms with Crippen molar-refractivity contribution in [2.45, 2.75) is 19.4 Å². The van der Waals surface area contributed by atoms with Crippen LogP contribution in [0.1, 0.15) is 29.8 Å². The van der Waals surface area contributed by atoms with Gasteiger partial charge >= 0.3 is 6.09 Å². The molecule has 0 aliphatic carbocycles. The molecule has 0 spiro atoms. The Hall–Kier alpha value is -2.13. The predicted molar refractivity (Wildman–Crippen MR) is 70.2 cm³/mol. The van der Waals surface area contributed by atoms with Crippen LogP contribution in [0.5, 0.6) is 0 Å². The second-order valence-corrected chi connectivity index (χ2v) is 4.56. The van der Waals surface area contributed by atoms with Gasteiger partial charge in [0.25, 0.3) is 0 Å². The third kappa shape index (κ3) is 2.45. The summed E-state index contributed by atoms with van der Waals surface area (Å²) in [5.41, 5.74) is 1.34. The summed E-state index contributed by atoms with van der Waals surface area (Å²) >= 11 is 5.87. The van der Waals surface area contributed by atoms with Crippen LogP contribution in [0, 0.1) is 11.3 Å². The van der Waals surface area contributed by atoms with E-state index in [0.717, 1.165) is 0 Å². The van der Waals surface area contributed by atoms with E-state index in [1.165, 1.54) is 11.0 Å². The van der Waals surface area contributed by atoms with E-state index in [1.807, 2.05) is 6.07 Å². The maximum absolute atomic E-state index is 11.8. The second kappa shape index (κ2) is 5.88. The number of carbonyl (C=O) groups is 2. The fourth-order valence-electron chi connectivity index (χ4n) is 2.17. The lowest BCUT2D eigenvalue weighted by molar-refractivity contribution is -0.112. The molecule has 1 aliphatic heterocycles. The van der Waals surface area contributed by atoms with Crippen LogP contribution >= 0.6 is 11.6 Å². The average molecular weight is 294 g/mol. The number of fused-ring (bicyclic) bond motifs is 1. The first-order chi connectivity index (χ1) is 9.62. The number of hydrogen-bond donors (Lipinski definition) is 0. The third-order valence-electron chi connectivity index (χ3n) is 3.08. The number of aromatic nitrogens is 1. The first kappa shape index (κ1) is 14.3. The quantitative estimate of drug-likeness (QED) is 0.614. The highest BCUT2D eigenvalue weighted by Gasteiger charge is 2.33. The molecule has 1 aromatic heterocycles. The van der Waals surface area contributed by atoms with Gasteiger partial charge in [0.15, 0.2) is 0 Å². The van der Waals surface area contributed by atoms with Crippen molar-refractivity contribution in [1.29, 1.82) is 5.26 Å². The average Bonchev–Trinajstić information content (AvgIpc) is 2.45. The number of pyridine rings is 1. The van der Waals surface area contributed by atoms with Crippen molar-refractivity contribution in [3.8, 4) is 6.07 Å². The number of ether oxygens (including phenoxy) is 1. The molecule has 2 rings (SSSR count). The highest BCUT2D eigenvalue weighted by molar-refractivity contribution is 6.30. The second-order valence-electron chi connectivity index (χ2n) is 4.20. The molecule has 0 bridgehead atoms. The lowest BCUT2D eigenvalue weighted by Crippen LogP contribution is -2.41.